The minimum Gasteiger partial charge on any atom is -0.496 e. The van der Waals surface area contributed by atoms with Gasteiger partial charge in [-0.05, 0) is 13.0 Å². The first kappa shape index (κ1) is 15.3. The van der Waals surface area contributed by atoms with Gasteiger partial charge in [0.15, 0.2) is 0 Å². The SMILES string of the molecule is COc1ccccc1CN1CCN(C(=O)C2(C)COC2)CC1. The molecule has 120 valence electrons. The van der Waals surface area contributed by atoms with E-state index in [4.69, 9.17) is 9.47 Å². The normalized spacial score (nSPS) is 21.3. The van der Waals surface area contributed by atoms with Gasteiger partial charge in [-0.3, -0.25) is 9.69 Å². The number of carbonyl (C=O) groups excluding carboxylic acids is 1. The summed E-state index contributed by atoms with van der Waals surface area (Å²) in [5.41, 5.74) is 0.911. The smallest absolute Gasteiger partial charge is 0.233 e. The summed E-state index contributed by atoms with van der Waals surface area (Å²) in [6, 6.07) is 8.12. The quantitative estimate of drug-likeness (QED) is 0.843. The molecule has 0 saturated carbocycles. The van der Waals surface area contributed by atoms with Crippen LogP contribution in [0.4, 0.5) is 0 Å². The number of rotatable bonds is 4. The lowest BCUT2D eigenvalue weighted by Crippen LogP contribution is -2.57. The molecule has 22 heavy (non-hydrogen) atoms. The Balaban J connectivity index is 1.54. The van der Waals surface area contributed by atoms with Crippen LogP contribution in [0.5, 0.6) is 5.75 Å². The number of carbonyl (C=O) groups is 1. The Kier molecular flexibility index (Phi) is 4.36. The van der Waals surface area contributed by atoms with E-state index < -0.39 is 0 Å². The predicted octanol–water partition coefficient (Wildman–Crippen LogP) is 1.38. The molecule has 3 rings (SSSR count). The largest absolute Gasteiger partial charge is 0.496 e. The van der Waals surface area contributed by atoms with E-state index in [1.807, 2.05) is 30.0 Å². The molecule has 0 spiro atoms. The molecule has 1 aromatic carbocycles. The van der Waals surface area contributed by atoms with Gasteiger partial charge in [-0.1, -0.05) is 18.2 Å². The molecule has 5 heteroatoms. The van der Waals surface area contributed by atoms with Crippen molar-refractivity contribution >= 4 is 5.91 Å². The Hall–Kier alpha value is -1.59. The lowest BCUT2D eigenvalue weighted by molar-refractivity contribution is -0.170. The summed E-state index contributed by atoms with van der Waals surface area (Å²) in [5.74, 6) is 1.18. The van der Waals surface area contributed by atoms with Gasteiger partial charge >= 0.3 is 0 Å². The first-order valence-corrected chi connectivity index (χ1v) is 7.84. The summed E-state index contributed by atoms with van der Waals surface area (Å²) >= 11 is 0. The van der Waals surface area contributed by atoms with Crippen molar-refractivity contribution < 1.29 is 14.3 Å². The van der Waals surface area contributed by atoms with Gasteiger partial charge in [0.25, 0.3) is 0 Å². The van der Waals surface area contributed by atoms with E-state index in [0.717, 1.165) is 38.5 Å². The van der Waals surface area contributed by atoms with Gasteiger partial charge < -0.3 is 14.4 Å². The van der Waals surface area contributed by atoms with Crippen molar-refractivity contribution in [3.63, 3.8) is 0 Å². The molecule has 1 aromatic rings. The van der Waals surface area contributed by atoms with Crippen LogP contribution in [0.15, 0.2) is 24.3 Å². The fourth-order valence-electron chi connectivity index (χ4n) is 3.10. The van der Waals surface area contributed by atoms with Crippen molar-refractivity contribution in [1.82, 2.24) is 9.80 Å². The highest BCUT2D eigenvalue weighted by Crippen LogP contribution is 2.29. The summed E-state index contributed by atoms with van der Waals surface area (Å²) in [7, 11) is 1.71. The number of hydrogen-bond donors (Lipinski definition) is 0. The molecule has 0 aliphatic carbocycles. The van der Waals surface area contributed by atoms with Gasteiger partial charge in [0.05, 0.1) is 25.7 Å². The fraction of sp³-hybridized carbons (Fsp3) is 0.588. The molecule has 0 radical (unpaired) electrons. The molecule has 0 aromatic heterocycles. The van der Waals surface area contributed by atoms with Crippen molar-refractivity contribution in [1.29, 1.82) is 0 Å². The summed E-state index contributed by atoms with van der Waals surface area (Å²) < 4.78 is 10.6. The molecule has 5 nitrogen and oxygen atoms in total. The molecular weight excluding hydrogens is 280 g/mol. The Morgan fingerprint density at radius 1 is 1.23 bits per heavy atom. The number of hydrogen-bond acceptors (Lipinski definition) is 4. The van der Waals surface area contributed by atoms with Gasteiger partial charge in [-0.15, -0.1) is 0 Å². The number of amides is 1. The Labute approximate surface area is 131 Å². The molecule has 2 heterocycles. The van der Waals surface area contributed by atoms with Crippen LogP contribution in [0.25, 0.3) is 0 Å². The molecular formula is C17H24N2O3. The number of benzene rings is 1. The molecule has 2 fully saturated rings. The summed E-state index contributed by atoms with van der Waals surface area (Å²) in [6.07, 6.45) is 0. The summed E-state index contributed by atoms with van der Waals surface area (Å²) in [6.45, 7) is 7.39. The average Bonchev–Trinajstić information content (AvgIpc) is 2.53. The summed E-state index contributed by atoms with van der Waals surface area (Å²) in [4.78, 5) is 16.8. The Morgan fingerprint density at radius 2 is 1.91 bits per heavy atom. The van der Waals surface area contributed by atoms with E-state index in [2.05, 4.69) is 11.0 Å². The van der Waals surface area contributed by atoms with Crippen molar-refractivity contribution in [3.8, 4) is 5.75 Å². The number of nitrogens with zero attached hydrogens (tertiary/aromatic N) is 2. The lowest BCUT2D eigenvalue weighted by Gasteiger charge is -2.43. The highest BCUT2D eigenvalue weighted by molar-refractivity contribution is 5.83. The van der Waals surface area contributed by atoms with Gasteiger partial charge in [-0.2, -0.15) is 0 Å². The molecule has 1 amide bonds. The van der Waals surface area contributed by atoms with Crippen molar-refractivity contribution in [2.75, 3.05) is 46.5 Å². The van der Waals surface area contributed by atoms with Crippen LogP contribution in [0.1, 0.15) is 12.5 Å². The van der Waals surface area contributed by atoms with Gasteiger partial charge in [0, 0.05) is 38.3 Å². The van der Waals surface area contributed by atoms with Crippen LogP contribution in [-0.4, -0.2) is 62.2 Å². The van der Waals surface area contributed by atoms with Crippen LogP contribution >= 0.6 is 0 Å². The van der Waals surface area contributed by atoms with E-state index in [0.29, 0.717) is 13.2 Å². The van der Waals surface area contributed by atoms with Crippen LogP contribution in [0, 0.1) is 5.41 Å². The monoisotopic (exact) mass is 304 g/mol. The van der Waals surface area contributed by atoms with Crippen molar-refractivity contribution in [3.05, 3.63) is 29.8 Å². The molecule has 2 saturated heterocycles. The maximum Gasteiger partial charge on any atom is 0.233 e. The van der Waals surface area contributed by atoms with Crippen LogP contribution in [-0.2, 0) is 16.1 Å². The maximum absolute atomic E-state index is 12.5. The minimum absolute atomic E-state index is 0.246. The first-order chi connectivity index (χ1) is 10.6. The number of ether oxygens (including phenoxy) is 2. The molecule has 0 bridgehead atoms. The second-order valence-corrected chi connectivity index (χ2v) is 6.43. The molecule has 2 aliphatic heterocycles. The second kappa shape index (κ2) is 6.26. The third-order valence-electron chi connectivity index (χ3n) is 4.60. The van der Waals surface area contributed by atoms with Crippen molar-refractivity contribution in [2.24, 2.45) is 5.41 Å². The third-order valence-corrected chi connectivity index (χ3v) is 4.60. The Morgan fingerprint density at radius 3 is 2.50 bits per heavy atom. The number of piperazine rings is 1. The Bertz CT molecular complexity index is 534. The van der Waals surface area contributed by atoms with Crippen LogP contribution < -0.4 is 4.74 Å². The molecule has 0 N–H and O–H groups in total. The fourth-order valence-corrected chi connectivity index (χ4v) is 3.10. The number of methoxy groups -OCH3 is 1. The second-order valence-electron chi connectivity index (χ2n) is 6.43. The minimum atomic E-state index is -0.287. The van der Waals surface area contributed by atoms with E-state index in [-0.39, 0.29) is 11.3 Å². The standard InChI is InChI=1S/C17H24N2O3/c1-17(12-22-13-17)16(20)19-9-7-18(8-10-19)11-14-5-3-4-6-15(14)21-2/h3-6H,7-13H2,1-2H3. The average molecular weight is 304 g/mol. The third kappa shape index (κ3) is 2.96. The molecule has 0 atom stereocenters. The highest BCUT2D eigenvalue weighted by Gasteiger charge is 2.44. The van der Waals surface area contributed by atoms with Gasteiger partial charge in [0.2, 0.25) is 5.91 Å². The number of para-hydroxylation sites is 1. The first-order valence-electron chi connectivity index (χ1n) is 7.84. The zero-order valence-electron chi connectivity index (χ0n) is 13.4. The van der Waals surface area contributed by atoms with Crippen molar-refractivity contribution in [2.45, 2.75) is 13.5 Å². The lowest BCUT2D eigenvalue weighted by atomic mass is 9.86. The predicted molar refractivity (Wildman–Crippen MR) is 83.8 cm³/mol. The van der Waals surface area contributed by atoms with Gasteiger partial charge in [0.1, 0.15) is 5.75 Å². The van der Waals surface area contributed by atoms with E-state index in [1.54, 1.807) is 7.11 Å². The zero-order valence-corrected chi connectivity index (χ0v) is 13.4. The summed E-state index contributed by atoms with van der Waals surface area (Å²) in [5, 5.41) is 0. The van der Waals surface area contributed by atoms with E-state index >= 15 is 0 Å². The highest BCUT2D eigenvalue weighted by atomic mass is 16.5. The van der Waals surface area contributed by atoms with Gasteiger partial charge in [-0.25, -0.2) is 0 Å². The van der Waals surface area contributed by atoms with E-state index in [1.165, 1.54) is 5.56 Å². The molecule has 2 aliphatic rings. The molecule has 0 unspecified atom stereocenters. The van der Waals surface area contributed by atoms with Crippen LogP contribution in [0.2, 0.25) is 0 Å². The maximum atomic E-state index is 12.5. The topological polar surface area (TPSA) is 42.0 Å². The van der Waals surface area contributed by atoms with Crippen LogP contribution in [0.3, 0.4) is 0 Å². The zero-order chi connectivity index (χ0) is 15.6. The van der Waals surface area contributed by atoms with E-state index in [9.17, 15) is 4.79 Å².